The van der Waals surface area contributed by atoms with Crippen LogP contribution in [0.15, 0.2) is 47.5 Å². The highest BCUT2D eigenvalue weighted by Gasteiger charge is 2.13. The largest absolute Gasteiger partial charge is 0.495 e. The molecular weight excluding hydrogens is 414 g/mol. The number of hydrogen-bond donors (Lipinski definition) is 2. The summed E-state index contributed by atoms with van der Waals surface area (Å²) >= 11 is 0. The van der Waals surface area contributed by atoms with Crippen molar-refractivity contribution in [1.82, 2.24) is 15.1 Å². The lowest BCUT2D eigenvalue weighted by atomic mass is 10.1. The Kier molecular flexibility index (Phi) is 7.87. The summed E-state index contributed by atoms with van der Waals surface area (Å²) in [7, 11) is 1.62. The number of nitrogens with zero attached hydrogens (tertiary/aromatic N) is 3. The molecule has 0 saturated heterocycles. The van der Waals surface area contributed by atoms with Crippen molar-refractivity contribution in [3.05, 3.63) is 76.1 Å². The van der Waals surface area contributed by atoms with Gasteiger partial charge in [0.25, 0.3) is 5.91 Å². The number of benzene rings is 2. The molecule has 0 aliphatic carbocycles. The van der Waals surface area contributed by atoms with E-state index >= 15 is 0 Å². The SMILES string of the molecule is CCn1nc(C)c(CCN=C(NC(=O)c2cccc(C)c2)Nc2cc(C)ccc2OC)c1C. The maximum atomic E-state index is 12.9. The molecule has 0 aliphatic heterocycles. The monoisotopic (exact) mass is 447 g/mol. The van der Waals surface area contributed by atoms with E-state index in [2.05, 4.69) is 29.6 Å². The lowest BCUT2D eigenvalue weighted by Crippen LogP contribution is -2.36. The molecule has 0 bridgehead atoms. The number of amides is 1. The van der Waals surface area contributed by atoms with Crippen molar-refractivity contribution >= 4 is 17.6 Å². The Morgan fingerprint density at radius 2 is 1.85 bits per heavy atom. The minimum atomic E-state index is -0.220. The number of rotatable bonds is 7. The average Bonchev–Trinajstić information content (AvgIpc) is 3.06. The van der Waals surface area contributed by atoms with Gasteiger partial charge in [-0.3, -0.25) is 19.8 Å². The number of carbonyl (C=O) groups excluding carboxylic acids is 1. The quantitative estimate of drug-likeness (QED) is 0.410. The summed E-state index contributed by atoms with van der Waals surface area (Å²) in [4.78, 5) is 17.6. The molecule has 1 amide bonds. The summed E-state index contributed by atoms with van der Waals surface area (Å²) in [5.74, 6) is 0.834. The van der Waals surface area contributed by atoms with Gasteiger partial charge in [-0.25, -0.2) is 0 Å². The molecule has 1 heterocycles. The van der Waals surface area contributed by atoms with Crippen LogP contribution >= 0.6 is 0 Å². The van der Waals surface area contributed by atoms with Gasteiger partial charge < -0.3 is 10.1 Å². The van der Waals surface area contributed by atoms with Crippen LogP contribution in [0.2, 0.25) is 0 Å². The van der Waals surface area contributed by atoms with Crippen molar-refractivity contribution in [2.75, 3.05) is 19.0 Å². The first-order valence-corrected chi connectivity index (χ1v) is 11.2. The Morgan fingerprint density at radius 3 is 2.52 bits per heavy atom. The Bertz CT molecular complexity index is 1160. The molecule has 0 saturated carbocycles. The van der Waals surface area contributed by atoms with Gasteiger partial charge in [0.1, 0.15) is 5.75 Å². The maximum Gasteiger partial charge on any atom is 0.257 e. The van der Waals surface area contributed by atoms with Gasteiger partial charge in [0, 0.05) is 24.3 Å². The minimum Gasteiger partial charge on any atom is -0.495 e. The standard InChI is InChI=1S/C26H33N5O2/c1-7-31-20(5)22(19(4)30-31)13-14-27-26(28-23-16-18(3)11-12-24(23)33-6)29-25(32)21-10-8-9-17(2)15-21/h8-12,15-16H,7,13-14H2,1-6H3,(H2,27,28,29,32). The first-order valence-electron chi connectivity index (χ1n) is 11.2. The fourth-order valence-corrected chi connectivity index (χ4v) is 3.81. The first kappa shape index (κ1) is 24.0. The van der Waals surface area contributed by atoms with Gasteiger partial charge in [0.05, 0.1) is 18.5 Å². The second-order valence-electron chi connectivity index (χ2n) is 8.10. The van der Waals surface area contributed by atoms with Crippen molar-refractivity contribution in [2.45, 2.75) is 47.6 Å². The molecule has 0 fully saturated rings. The van der Waals surface area contributed by atoms with E-state index in [0.29, 0.717) is 23.8 Å². The van der Waals surface area contributed by atoms with Gasteiger partial charge >= 0.3 is 0 Å². The molecule has 7 nitrogen and oxygen atoms in total. The third kappa shape index (κ3) is 6.00. The summed E-state index contributed by atoms with van der Waals surface area (Å²) in [6, 6.07) is 13.3. The number of aromatic nitrogens is 2. The Balaban J connectivity index is 1.85. The van der Waals surface area contributed by atoms with Crippen LogP contribution in [-0.2, 0) is 13.0 Å². The van der Waals surface area contributed by atoms with Gasteiger partial charge in [-0.1, -0.05) is 23.8 Å². The van der Waals surface area contributed by atoms with Crippen LogP contribution in [0.5, 0.6) is 5.75 Å². The molecular formula is C26H33N5O2. The second kappa shape index (κ2) is 10.8. The average molecular weight is 448 g/mol. The Morgan fingerprint density at radius 1 is 1.09 bits per heavy atom. The zero-order valence-electron chi connectivity index (χ0n) is 20.3. The fourth-order valence-electron chi connectivity index (χ4n) is 3.81. The smallest absolute Gasteiger partial charge is 0.257 e. The molecule has 1 aromatic heterocycles. The van der Waals surface area contributed by atoms with Gasteiger partial charge in [0.15, 0.2) is 0 Å². The highest BCUT2D eigenvalue weighted by molar-refractivity contribution is 6.10. The molecule has 0 atom stereocenters. The van der Waals surface area contributed by atoms with Crippen LogP contribution < -0.4 is 15.4 Å². The molecule has 0 radical (unpaired) electrons. The van der Waals surface area contributed by atoms with Gasteiger partial charge in [-0.15, -0.1) is 0 Å². The number of guanidine groups is 1. The molecule has 0 unspecified atom stereocenters. The molecule has 33 heavy (non-hydrogen) atoms. The second-order valence-corrected chi connectivity index (χ2v) is 8.10. The van der Waals surface area contributed by atoms with Crippen LogP contribution in [0.1, 0.15) is 45.4 Å². The minimum absolute atomic E-state index is 0.220. The molecule has 3 rings (SSSR count). The van der Waals surface area contributed by atoms with Gasteiger partial charge in [-0.2, -0.15) is 5.10 Å². The lowest BCUT2D eigenvalue weighted by molar-refractivity contribution is 0.0977. The summed E-state index contributed by atoms with van der Waals surface area (Å²) < 4.78 is 7.49. The first-order chi connectivity index (χ1) is 15.8. The summed E-state index contributed by atoms with van der Waals surface area (Å²) in [5, 5.41) is 10.8. The van der Waals surface area contributed by atoms with E-state index in [9.17, 15) is 4.79 Å². The normalized spacial score (nSPS) is 11.4. The third-order valence-corrected chi connectivity index (χ3v) is 5.58. The summed E-state index contributed by atoms with van der Waals surface area (Å²) in [6.45, 7) is 11.5. The van der Waals surface area contributed by atoms with Crippen LogP contribution in [0.25, 0.3) is 0 Å². The van der Waals surface area contributed by atoms with Crippen molar-refractivity contribution in [1.29, 1.82) is 0 Å². The van der Waals surface area contributed by atoms with E-state index in [1.54, 1.807) is 13.2 Å². The van der Waals surface area contributed by atoms with E-state index in [1.807, 2.05) is 61.9 Å². The number of nitrogens with one attached hydrogen (secondary N) is 2. The van der Waals surface area contributed by atoms with E-state index in [4.69, 9.17) is 9.73 Å². The molecule has 2 aromatic carbocycles. The number of methoxy groups -OCH3 is 1. The molecule has 3 aromatic rings. The van der Waals surface area contributed by atoms with E-state index in [-0.39, 0.29) is 5.91 Å². The van der Waals surface area contributed by atoms with Gasteiger partial charge in [0.2, 0.25) is 5.96 Å². The fraction of sp³-hybridized carbons (Fsp3) is 0.346. The van der Waals surface area contributed by atoms with Crippen molar-refractivity contribution in [3.8, 4) is 5.75 Å². The van der Waals surface area contributed by atoms with Crippen molar-refractivity contribution < 1.29 is 9.53 Å². The van der Waals surface area contributed by atoms with Gasteiger partial charge in [-0.05, 0) is 76.4 Å². The number of ether oxygens (including phenoxy) is 1. The number of carbonyl (C=O) groups is 1. The topological polar surface area (TPSA) is 80.5 Å². The number of anilines is 1. The molecule has 0 spiro atoms. The number of aryl methyl sites for hydroxylation is 4. The zero-order chi connectivity index (χ0) is 24.0. The number of aliphatic imine (C=N–C) groups is 1. The number of hydrogen-bond acceptors (Lipinski definition) is 4. The van der Waals surface area contributed by atoms with E-state index < -0.39 is 0 Å². The summed E-state index contributed by atoms with van der Waals surface area (Å²) in [6.07, 6.45) is 0.730. The summed E-state index contributed by atoms with van der Waals surface area (Å²) in [5.41, 5.74) is 6.78. The zero-order valence-corrected chi connectivity index (χ0v) is 20.3. The molecule has 2 N–H and O–H groups in total. The van der Waals surface area contributed by atoms with Crippen molar-refractivity contribution in [2.24, 2.45) is 4.99 Å². The predicted molar refractivity (Wildman–Crippen MR) is 133 cm³/mol. The lowest BCUT2D eigenvalue weighted by Gasteiger charge is -2.15. The van der Waals surface area contributed by atoms with Crippen LogP contribution in [0.4, 0.5) is 5.69 Å². The molecule has 7 heteroatoms. The predicted octanol–water partition coefficient (Wildman–Crippen LogP) is 4.59. The van der Waals surface area contributed by atoms with E-state index in [1.165, 1.54) is 5.56 Å². The molecule has 0 aliphatic rings. The van der Waals surface area contributed by atoms with Crippen LogP contribution in [-0.4, -0.2) is 35.3 Å². The van der Waals surface area contributed by atoms with Crippen LogP contribution in [0, 0.1) is 27.7 Å². The Hall–Kier alpha value is -3.61. The highest BCUT2D eigenvalue weighted by atomic mass is 16.5. The van der Waals surface area contributed by atoms with Crippen molar-refractivity contribution in [3.63, 3.8) is 0 Å². The molecule has 174 valence electrons. The maximum absolute atomic E-state index is 12.9. The third-order valence-electron chi connectivity index (χ3n) is 5.58. The highest BCUT2D eigenvalue weighted by Crippen LogP contribution is 2.25. The van der Waals surface area contributed by atoms with E-state index in [0.717, 1.165) is 41.2 Å². The Labute approximate surface area is 195 Å². The van der Waals surface area contributed by atoms with Crippen LogP contribution in [0.3, 0.4) is 0 Å².